The predicted octanol–water partition coefficient (Wildman–Crippen LogP) is -0.413. The van der Waals surface area contributed by atoms with Crippen molar-refractivity contribution in [2.24, 2.45) is 5.73 Å². The van der Waals surface area contributed by atoms with Crippen molar-refractivity contribution in [3.8, 4) is 0 Å². The summed E-state index contributed by atoms with van der Waals surface area (Å²) in [6.45, 7) is 1.56. The van der Waals surface area contributed by atoms with Crippen molar-refractivity contribution in [1.29, 1.82) is 0 Å². The first-order chi connectivity index (χ1) is 13.3. The van der Waals surface area contributed by atoms with Crippen molar-refractivity contribution in [2.45, 2.75) is 38.5 Å². The Hall–Kier alpha value is -3.14. The molecule has 1 aromatic rings. The monoisotopic (exact) mass is 395 g/mol. The van der Waals surface area contributed by atoms with Gasteiger partial charge in [0.15, 0.2) is 0 Å². The summed E-state index contributed by atoms with van der Waals surface area (Å²) in [4.78, 5) is 46.2. The number of aliphatic hydroxyl groups is 1. The minimum atomic E-state index is -1.25. The molecule has 2 atom stereocenters. The van der Waals surface area contributed by atoms with Gasteiger partial charge >= 0.3 is 12.1 Å². The Kier molecular flexibility index (Phi) is 10.0. The van der Waals surface area contributed by atoms with Gasteiger partial charge in [0, 0.05) is 6.54 Å². The number of aliphatic hydroxyl groups excluding tert-OH is 1. The highest BCUT2D eigenvalue weighted by Gasteiger charge is 2.23. The van der Waals surface area contributed by atoms with Crippen LogP contribution in [-0.2, 0) is 30.5 Å². The topological polar surface area (TPSA) is 157 Å². The summed E-state index contributed by atoms with van der Waals surface area (Å²) in [7, 11) is 0. The molecular formula is C18H25N3O7. The molecule has 3 amide bonds. The number of hydrogen-bond donors (Lipinski definition) is 4. The fourth-order valence-electron chi connectivity index (χ4n) is 2.12. The van der Waals surface area contributed by atoms with Gasteiger partial charge in [0.2, 0.25) is 11.8 Å². The van der Waals surface area contributed by atoms with Crippen LogP contribution in [0.15, 0.2) is 30.3 Å². The minimum Gasteiger partial charge on any atom is -0.466 e. The van der Waals surface area contributed by atoms with E-state index in [1.54, 1.807) is 31.2 Å². The van der Waals surface area contributed by atoms with Gasteiger partial charge in [0.25, 0.3) is 0 Å². The van der Waals surface area contributed by atoms with E-state index in [1.807, 2.05) is 6.07 Å². The maximum atomic E-state index is 11.9. The van der Waals surface area contributed by atoms with Gasteiger partial charge in [0.05, 0.1) is 25.6 Å². The molecule has 0 aromatic heterocycles. The average Bonchev–Trinajstić information content (AvgIpc) is 2.65. The van der Waals surface area contributed by atoms with E-state index >= 15 is 0 Å². The van der Waals surface area contributed by atoms with Crippen LogP contribution in [0.1, 0.15) is 25.3 Å². The molecule has 0 aliphatic carbocycles. The lowest BCUT2D eigenvalue weighted by atomic mass is 10.1. The number of carbonyl (C=O) groups excluding carboxylic acids is 4. The minimum absolute atomic E-state index is 0.0669. The van der Waals surface area contributed by atoms with Crippen LogP contribution in [0.25, 0.3) is 0 Å². The highest BCUT2D eigenvalue weighted by molar-refractivity contribution is 5.90. The number of nitrogens with two attached hydrogens (primary N) is 1. The Morgan fingerprint density at radius 1 is 1.11 bits per heavy atom. The third kappa shape index (κ3) is 9.53. The van der Waals surface area contributed by atoms with Gasteiger partial charge < -0.3 is 30.9 Å². The molecule has 1 aromatic carbocycles. The Labute approximate surface area is 162 Å². The largest absolute Gasteiger partial charge is 0.466 e. The van der Waals surface area contributed by atoms with E-state index in [1.165, 1.54) is 0 Å². The molecular weight excluding hydrogens is 370 g/mol. The number of benzene rings is 1. The number of alkyl carbamates (subject to hydrolysis) is 1. The van der Waals surface area contributed by atoms with Crippen LogP contribution in [0.3, 0.4) is 0 Å². The number of esters is 1. The van der Waals surface area contributed by atoms with Gasteiger partial charge in [-0.15, -0.1) is 0 Å². The number of amides is 3. The van der Waals surface area contributed by atoms with Crippen molar-refractivity contribution in [3.05, 3.63) is 35.9 Å². The van der Waals surface area contributed by atoms with Gasteiger partial charge in [-0.2, -0.15) is 0 Å². The Bertz CT molecular complexity index is 666. The highest BCUT2D eigenvalue weighted by Crippen LogP contribution is 2.01. The summed E-state index contributed by atoms with van der Waals surface area (Å²) >= 11 is 0. The van der Waals surface area contributed by atoms with E-state index in [-0.39, 0.29) is 19.8 Å². The highest BCUT2D eigenvalue weighted by atomic mass is 16.5. The van der Waals surface area contributed by atoms with E-state index in [4.69, 9.17) is 15.2 Å². The van der Waals surface area contributed by atoms with Gasteiger partial charge in [-0.1, -0.05) is 30.3 Å². The molecule has 5 N–H and O–H groups in total. The number of carbonyl (C=O) groups is 4. The molecule has 0 aliphatic heterocycles. The molecule has 154 valence electrons. The summed E-state index contributed by atoms with van der Waals surface area (Å²) in [5, 5.41) is 14.4. The average molecular weight is 395 g/mol. The molecule has 10 heteroatoms. The quantitative estimate of drug-likeness (QED) is 0.371. The Morgan fingerprint density at radius 3 is 2.39 bits per heavy atom. The summed E-state index contributed by atoms with van der Waals surface area (Å²) in [6, 6.07) is 7.78. The van der Waals surface area contributed by atoms with Crippen LogP contribution in [0.2, 0.25) is 0 Å². The molecule has 0 saturated carbocycles. The van der Waals surface area contributed by atoms with Gasteiger partial charge in [-0.3, -0.25) is 14.4 Å². The molecule has 0 aliphatic rings. The third-order valence-corrected chi connectivity index (χ3v) is 3.47. The molecule has 1 rings (SSSR count). The number of hydrogen-bond acceptors (Lipinski definition) is 7. The standard InChI is InChI=1S/C18H25N3O7/c1-2-27-16(24)9-14(17(19)25)21-15(23)8-13(22)10-20-18(26)28-11-12-6-4-3-5-7-12/h3-7,13-14,22H,2,8-11H2,1H3,(H2,19,25)(H,20,26)(H,21,23)/t13-,14+/m0/s1. The maximum Gasteiger partial charge on any atom is 0.407 e. The molecule has 0 radical (unpaired) electrons. The molecule has 0 unspecified atom stereocenters. The smallest absolute Gasteiger partial charge is 0.407 e. The van der Waals surface area contributed by atoms with Crippen LogP contribution in [0, 0.1) is 0 Å². The molecule has 10 nitrogen and oxygen atoms in total. The van der Waals surface area contributed by atoms with E-state index in [0.29, 0.717) is 0 Å². The first-order valence-corrected chi connectivity index (χ1v) is 8.68. The zero-order chi connectivity index (χ0) is 20.9. The second-order valence-corrected chi connectivity index (χ2v) is 5.83. The van der Waals surface area contributed by atoms with E-state index in [0.717, 1.165) is 5.56 Å². The lowest BCUT2D eigenvalue weighted by Gasteiger charge is -2.16. The van der Waals surface area contributed by atoms with Crippen molar-refractivity contribution >= 4 is 23.9 Å². The van der Waals surface area contributed by atoms with Crippen molar-refractivity contribution in [1.82, 2.24) is 10.6 Å². The summed E-state index contributed by atoms with van der Waals surface area (Å²) in [5.74, 6) is -2.30. The zero-order valence-corrected chi connectivity index (χ0v) is 15.6. The molecule has 0 bridgehead atoms. The molecule has 0 heterocycles. The lowest BCUT2D eigenvalue weighted by molar-refractivity contribution is -0.145. The second kappa shape index (κ2) is 12.3. The molecule has 28 heavy (non-hydrogen) atoms. The molecule has 0 spiro atoms. The van der Waals surface area contributed by atoms with Crippen LogP contribution in [0.4, 0.5) is 4.79 Å². The first-order valence-electron chi connectivity index (χ1n) is 8.68. The number of ether oxygens (including phenoxy) is 2. The van der Waals surface area contributed by atoms with Crippen LogP contribution < -0.4 is 16.4 Å². The van der Waals surface area contributed by atoms with Crippen LogP contribution in [0.5, 0.6) is 0 Å². The lowest BCUT2D eigenvalue weighted by Crippen LogP contribution is -2.47. The van der Waals surface area contributed by atoms with Crippen molar-refractivity contribution in [2.75, 3.05) is 13.2 Å². The Balaban J connectivity index is 2.33. The maximum absolute atomic E-state index is 11.9. The van der Waals surface area contributed by atoms with E-state index < -0.39 is 48.9 Å². The zero-order valence-electron chi connectivity index (χ0n) is 15.6. The summed E-state index contributed by atoms with van der Waals surface area (Å²) < 4.78 is 9.67. The summed E-state index contributed by atoms with van der Waals surface area (Å²) in [5.41, 5.74) is 5.94. The van der Waals surface area contributed by atoms with Crippen molar-refractivity contribution < 1.29 is 33.8 Å². The van der Waals surface area contributed by atoms with Crippen LogP contribution >= 0.6 is 0 Å². The normalized spacial score (nSPS) is 12.4. The number of rotatable bonds is 11. The Morgan fingerprint density at radius 2 is 1.79 bits per heavy atom. The van der Waals surface area contributed by atoms with E-state index in [2.05, 4.69) is 10.6 Å². The second-order valence-electron chi connectivity index (χ2n) is 5.83. The molecule has 0 saturated heterocycles. The van der Waals surface area contributed by atoms with Crippen molar-refractivity contribution in [3.63, 3.8) is 0 Å². The predicted molar refractivity (Wildman–Crippen MR) is 97.6 cm³/mol. The number of primary amides is 1. The first kappa shape index (κ1) is 22.9. The van der Waals surface area contributed by atoms with Gasteiger partial charge in [0.1, 0.15) is 12.6 Å². The van der Waals surface area contributed by atoms with E-state index in [9.17, 15) is 24.3 Å². The van der Waals surface area contributed by atoms with Crippen LogP contribution in [-0.4, -0.2) is 54.3 Å². The third-order valence-electron chi connectivity index (χ3n) is 3.47. The SMILES string of the molecule is CCOC(=O)C[C@@H](NC(=O)C[C@H](O)CNC(=O)OCc1ccccc1)C(N)=O. The number of nitrogens with one attached hydrogen (secondary N) is 2. The summed E-state index contributed by atoms with van der Waals surface area (Å²) in [6.07, 6.45) is -2.79. The molecule has 0 fully saturated rings. The fourth-order valence-corrected chi connectivity index (χ4v) is 2.12. The van der Waals surface area contributed by atoms with Gasteiger partial charge in [-0.25, -0.2) is 4.79 Å². The van der Waals surface area contributed by atoms with Gasteiger partial charge in [-0.05, 0) is 12.5 Å². The fraction of sp³-hybridized carbons (Fsp3) is 0.444.